The monoisotopic (exact) mass is 190 g/mol. The molecule has 76 valence electrons. The van der Waals surface area contributed by atoms with Gasteiger partial charge in [-0.05, 0) is 38.0 Å². The standard InChI is InChI=1S/C12H18N2/c1-2-10-5-3-4-6-11(10)7-12-8-13-9-14-12/h5,8-9,11H,2-4,6-7H2,1H3,(H,13,14). The quantitative estimate of drug-likeness (QED) is 0.729. The number of hydrogen-bond donors (Lipinski definition) is 1. The number of nitrogens with one attached hydrogen (secondary N) is 1. The van der Waals surface area contributed by atoms with Crippen LogP contribution in [0.1, 0.15) is 38.3 Å². The van der Waals surface area contributed by atoms with Crippen LogP contribution >= 0.6 is 0 Å². The third kappa shape index (κ3) is 2.06. The molecular weight excluding hydrogens is 172 g/mol. The lowest BCUT2D eigenvalue weighted by Crippen LogP contribution is -2.11. The van der Waals surface area contributed by atoms with Crippen molar-refractivity contribution in [3.8, 4) is 0 Å². The van der Waals surface area contributed by atoms with Gasteiger partial charge >= 0.3 is 0 Å². The SMILES string of the molecule is CCC1=CCCCC1Cc1c[nH]cn1. The minimum Gasteiger partial charge on any atom is -0.351 e. The maximum atomic E-state index is 4.30. The van der Waals surface area contributed by atoms with E-state index in [4.69, 9.17) is 0 Å². The number of H-pyrrole nitrogens is 1. The van der Waals surface area contributed by atoms with Crippen molar-refractivity contribution in [2.24, 2.45) is 5.92 Å². The van der Waals surface area contributed by atoms with Crippen LogP contribution in [0.15, 0.2) is 24.2 Å². The predicted molar refractivity (Wildman–Crippen MR) is 58.0 cm³/mol. The van der Waals surface area contributed by atoms with Crippen molar-refractivity contribution >= 4 is 0 Å². The fraction of sp³-hybridized carbons (Fsp3) is 0.583. The van der Waals surface area contributed by atoms with Crippen LogP contribution in [0.5, 0.6) is 0 Å². The Morgan fingerprint density at radius 1 is 1.57 bits per heavy atom. The highest BCUT2D eigenvalue weighted by molar-refractivity contribution is 5.12. The van der Waals surface area contributed by atoms with E-state index in [1.807, 2.05) is 6.20 Å². The Hall–Kier alpha value is -1.05. The second kappa shape index (κ2) is 4.45. The van der Waals surface area contributed by atoms with Gasteiger partial charge in [-0.1, -0.05) is 18.6 Å². The summed E-state index contributed by atoms with van der Waals surface area (Å²) in [5.74, 6) is 0.747. The van der Waals surface area contributed by atoms with Gasteiger partial charge in [-0.15, -0.1) is 0 Å². The second-order valence-electron chi connectivity index (χ2n) is 4.03. The van der Waals surface area contributed by atoms with Gasteiger partial charge in [-0.25, -0.2) is 4.98 Å². The average Bonchev–Trinajstić information content (AvgIpc) is 2.71. The molecule has 1 unspecified atom stereocenters. The molecule has 0 radical (unpaired) electrons. The van der Waals surface area contributed by atoms with E-state index >= 15 is 0 Å². The van der Waals surface area contributed by atoms with Gasteiger partial charge in [-0.2, -0.15) is 0 Å². The number of aromatic amines is 1. The van der Waals surface area contributed by atoms with Gasteiger partial charge in [0.15, 0.2) is 0 Å². The van der Waals surface area contributed by atoms with Crippen LogP contribution < -0.4 is 0 Å². The molecule has 2 rings (SSSR count). The maximum Gasteiger partial charge on any atom is 0.0923 e. The molecule has 0 spiro atoms. The molecule has 0 saturated heterocycles. The number of rotatable bonds is 3. The maximum absolute atomic E-state index is 4.30. The molecule has 2 nitrogen and oxygen atoms in total. The lowest BCUT2D eigenvalue weighted by atomic mass is 9.83. The summed E-state index contributed by atoms with van der Waals surface area (Å²) in [7, 11) is 0. The van der Waals surface area contributed by atoms with Gasteiger partial charge in [0.1, 0.15) is 0 Å². The molecule has 1 N–H and O–H groups in total. The smallest absolute Gasteiger partial charge is 0.0923 e. The van der Waals surface area contributed by atoms with Crippen molar-refractivity contribution in [3.05, 3.63) is 29.9 Å². The largest absolute Gasteiger partial charge is 0.351 e. The van der Waals surface area contributed by atoms with E-state index in [0.717, 1.165) is 12.3 Å². The summed E-state index contributed by atoms with van der Waals surface area (Å²) in [6.45, 7) is 2.26. The topological polar surface area (TPSA) is 28.7 Å². The minimum atomic E-state index is 0.747. The summed E-state index contributed by atoms with van der Waals surface area (Å²) in [5.41, 5.74) is 2.84. The highest BCUT2D eigenvalue weighted by Crippen LogP contribution is 2.29. The normalized spacial score (nSPS) is 22.1. The van der Waals surface area contributed by atoms with Crippen LogP contribution in [-0.2, 0) is 6.42 Å². The lowest BCUT2D eigenvalue weighted by Gasteiger charge is -2.22. The molecule has 0 fully saturated rings. The van der Waals surface area contributed by atoms with E-state index in [1.165, 1.54) is 31.4 Å². The number of aromatic nitrogens is 2. The van der Waals surface area contributed by atoms with E-state index in [0.29, 0.717) is 0 Å². The molecule has 1 heterocycles. The molecule has 0 bridgehead atoms. The van der Waals surface area contributed by atoms with E-state index in [9.17, 15) is 0 Å². The summed E-state index contributed by atoms with van der Waals surface area (Å²) in [6, 6.07) is 0. The van der Waals surface area contributed by atoms with Crippen molar-refractivity contribution in [1.82, 2.24) is 9.97 Å². The molecule has 1 aliphatic carbocycles. The van der Waals surface area contributed by atoms with Crippen molar-refractivity contribution < 1.29 is 0 Å². The van der Waals surface area contributed by atoms with Crippen molar-refractivity contribution in [1.29, 1.82) is 0 Å². The highest BCUT2D eigenvalue weighted by atomic mass is 14.9. The van der Waals surface area contributed by atoms with Gasteiger partial charge in [-0.3, -0.25) is 0 Å². The Morgan fingerprint density at radius 2 is 2.50 bits per heavy atom. The zero-order chi connectivity index (χ0) is 9.80. The molecule has 0 saturated carbocycles. The van der Waals surface area contributed by atoms with Crippen LogP contribution in [0.25, 0.3) is 0 Å². The third-order valence-electron chi connectivity index (χ3n) is 3.11. The number of hydrogen-bond acceptors (Lipinski definition) is 1. The van der Waals surface area contributed by atoms with Crippen LogP contribution in [0.2, 0.25) is 0 Å². The number of allylic oxidation sites excluding steroid dienone is 2. The van der Waals surface area contributed by atoms with Crippen molar-refractivity contribution in [2.75, 3.05) is 0 Å². The Labute approximate surface area is 85.4 Å². The van der Waals surface area contributed by atoms with E-state index < -0.39 is 0 Å². The van der Waals surface area contributed by atoms with Crippen LogP contribution in [0, 0.1) is 5.92 Å². The zero-order valence-electron chi connectivity index (χ0n) is 8.79. The summed E-state index contributed by atoms with van der Waals surface area (Å²) in [4.78, 5) is 7.32. The third-order valence-corrected chi connectivity index (χ3v) is 3.11. The Balaban J connectivity index is 2.03. The van der Waals surface area contributed by atoms with Crippen LogP contribution in [-0.4, -0.2) is 9.97 Å². The molecule has 1 atom stereocenters. The fourth-order valence-electron chi connectivity index (χ4n) is 2.32. The Bertz CT molecular complexity index is 298. The van der Waals surface area contributed by atoms with E-state index in [-0.39, 0.29) is 0 Å². The molecule has 1 aliphatic rings. The van der Waals surface area contributed by atoms with Gasteiger partial charge < -0.3 is 4.98 Å². The predicted octanol–water partition coefficient (Wildman–Crippen LogP) is 3.09. The number of nitrogens with zero attached hydrogens (tertiary/aromatic N) is 1. The summed E-state index contributed by atoms with van der Waals surface area (Å²) in [6.07, 6.45) is 12.5. The Kier molecular flexibility index (Phi) is 3.02. The molecule has 14 heavy (non-hydrogen) atoms. The Morgan fingerprint density at radius 3 is 3.21 bits per heavy atom. The molecule has 0 aromatic carbocycles. The first-order chi connectivity index (χ1) is 6.90. The lowest BCUT2D eigenvalue weighted by molar-refractivity contribution is 0.492. The molecular formula is C12H18N2. The van der Waals surface area contributed by atoms with Crippen molar-refractivity contribution in [2.45, 2.75) is 39.0 Å². The highest BCUT2D eigenvalue weighted by Gasteiger charge is 2.17. The number of imidazole rings is 1. The van der Waals surface area contributed by atoms with E-state index in [2.05, 4.69) is 23.0 Å². The van der Waals surface area contributed by atoms with Gasteiger partial charge in [0, 0.05) is 6.20 Å². The molecule has 1 aromatic rings. The fourth-order valence-corrected chi connectivity index (χ4v) is 2.32. The molecule has 2 heteroatoms. The average molecular weight is 190 g/mol. The van der Waals surface area contributed by atoms with Crippen molar-refractivity contribution in [3.63, 3.8) is 0 Å². The molecule has 0 aliphatic heterocycles. The second-order valence-corrected chi connectivity index (χ2v) is 4.03. The minimum absolute atomic E-state index is 0.747. The van der Waals surface area contributed by atoms with Crippen LogP contribution in [0.4, 0.5) is 0 Å². The summed E-state index contributed by atoms with van der Waals surface area (Å²) in [5, 5.41) is 0. The molecule has 1 aromatic heterocycles. The van der Waals surface area contributed by atoms with Crippen LogP contribution in [0.3, 0.4) is 0 Å². The first-order valence-electron chi connectivity index (χ1n) is 5.56. The first-order valence-corrected chi connectivity index (χ1v) is 5.56. The summed E-state index contributed by atoms with van der Waals surface area (Å²) >= 11 is 0. The summed E-state index contributed by atoms with van der Waals surface area (Å²) < 4.78 is 0. The van der Waals surface area contributed by atoms with Gasteiger partial charge in [0.2, 0.25) is 0 Å². The van der Waals surface area contributed by atoms with E-state index in [1.54, 1.807) is 11.9 Å². The van der Waals surface area contributed by atoms with Gasteiger partial charge in [0.25, 0.3) is 0 Å². The zero-order valence-corrected chi connectivity index (χ0v) is 8.79. The first kappa shape index (κ1) is 9.50. The van der Waals surface area contributed by atoms with Gasteiger partial charge in [0.05, 0.1) is 12.0 Å². The molecule has 0 amide bonds.